The molecule has 1 atom stereocenters. The summed E-state index contributed by atoms with van der Waals surface area (Å²) in [6.07, 6.45) is 0. The molecule has 0 amide bonds. The smallest absolute Gasteiger partial charge is 0.143 e. The third-order valence-electron chi connectivity index (χ3n) is 3.50. The molecule has 0 aliphatic heterocycles. The second-order valence-electron chi connectivity index (χ2n) is 4.91. The number of benzene rings is 2. The first kappa shape index (κ1) is 15.5. The maximum Gasteiger partial charge on any atom is 0.143 e. The van der Waals surface area contributed by atoms with E-state index in [2.05, 4.69) is 31.3 Å². The predicted molar refractivity (Wildman–Crippen MR) is 87.8 cm³/mol. The normalized spacial score (nSPS) is 11.9. The van der Waals surface area contributed by atoms with Crippen molar-refractivity contribution in [1.82, 2.24) is 0 Å². The molecule has 0 aliphatic rings. The number of hydrogen-bond donors (Lipinski definition) is 1. The Labute approximate surface area is 130 Å². The summed E-state index contributed by atoms with van der Waals surface area (Å²) in [5, 5.41) is 3.99. The Morgan fingerprint density at radius 3 is 2.33 bits per heavy atom. The minimum Gasteiger partial charge on any atom is -0.495 e. The summed E-state index contributed by atoms with van der Waals surface area (Å²) in [7, 11) is 3.23. The van der Waals surface area contributed by atoms with Crippen LogP contribution in [0.1, 0.15) is 24.1 Å². The van der Waals surface area contributed by atoms with Crippen LogP contribution >= 0.6 is 11.6 Å². The first-order chi connectivity index (χ1) is 10.1. The molecule has 0 radical (unpaired) electrons. The van der Waals surface area contributed by atoms with Gasteiger partial charge >= 0.3 is 0 Å². The van der Waals surface area contributed by atoms with Crippen LogP contribution < -0.4 is 14.8 Å². The van der Waals surface area contributed by atoms with E-state index in [1.54, 1.807) is 20.3 Å². The van der Waals surface area contributed by atoms with Crippen LogP contribution in [0.2, 0.25) is 5.02 Å². The molecular weight excluding hydrogens is 286 g/mol. The first-order valence-corrected chi connectivity index (χ1v) is 7.18. The Kier molecular flexibility index (Phi) is 4.97. The van der Waals surface area contributed by atoms with Crippen LogP contribution in [0.3, 0.4) is 0 Å². The number of nitrogens with one attached hydrogen (secondary N) is 1. The maximum absolute atomic E-state index is 6.13. The molecule has 2 aromatic rings. The predicted octanol–water partition coefficient (Wildman–Crippen LogP) is 4.84. The number of rotatable bonds is 5. The summed E-state index contributed by atoms with van der Waals surface area (Å²) in [6.45, 7) is 4.22. The molecule has 1 unspecified atom stereocenters. The van der Waals surface area contributed by atoms with Crippen molar-refractivity contribution >= 4 is 17.3 Å². The maximum atomic E-state index is 6.13. The highest BCUT2D eigenvalue weighted by atomic mass is 35.5. The van der Waals surface area contributed by atoms with Crippen molar-refractivity contribution in [3.63, 3.8) is 0 Å². The number of anilines is 1. The topological polar surface area (TPSA) is 30.5 Å². The summed E-state index contributed by atoms with van der Waals surface area (Å²) >= 11 is 6.13. The lowest BCUT2D eigenvalue weighted by Crippen LogP contribution is -2.09. The van der Waals surface area contributed by atoms with Gasteiger partial charge in [0.2, 0.25) is 0 Å². The van der Waals surface area contributed by atoms with Gasteiger partial charge in [0.05, 0.1) is 24.9 Å². The lowest BCUT2D eigenvalue weighted by Gasteiger charge is -2.20. The number of aryl methyl sites for hydroxylation is 1. The van der Waals surface area contributed by atoms with Gasteiger partial charge in [0, 0.05) is 18.2 Å². The molecule has 4 heteroatoms. The van der Waals surface area contributed by atoms with Crippen LogP contribution in [0.5, 0.6) is 11.5 Å². The molecule has 2 aromatic carbocycles. The highest BCUT2D eigenvalue weighted by Crippen LogP contribution is 2.37. The molecule has 0 bridgehead atoms. The van der Waals surface area contributed by atoms with Gasteiger partial charge < -0.3 is 14.8 Å². The number of ether oxygens (including phenoxy) is 2. The quantitative estimate of drug-likeness (QED) is 0.857. The van der Waals surface area contributed by atoms with Crippen molar-refractivity contribution in [1.29, 1.82) is 0 Å². The zero-order valence-corrected chi connectivity index (χ0v) is 13.5. The fraction of sp³-hybridized carbons (Fsp3) is 0.294. The van der Waals surface area contributed by atoms with Gasteiger partial charge in [-0.1, -0.05) is 35.9 Å². The van der Waals surface area contributed by atoms with Crippen molar-refractivity contribution < 1.29 is 9.47 Å². The van der Waals surface area contributed by atoms with Gasteiger partial charge in [0.15, 0.2) is 0 Å². The molecule has 0 aromatic heterocycles. The second-order valence-corrected chi connectivity index (χ2v) is 5.32. The van der Waals surface area contributed by atoms with E-state index in [0.717, 1.165) is 5.69 Å². The van der Waals surface area contributed by atoms with Crippen LogP contribution in [-0.4, -0.2) is 14.2 Å². The summed E-state index contributed by atoms with van der Waals surface area (Å²) < 4.78 is 10.7. The van der Waals surface area contributed by atoms with E-state index in [1.807, 2.05) is 18.2 Å². The van der Waals surface area contributed by atoms with E-state index in [9.17, 15) is 0 Å². The fourth-order valence-electron chi connectivity index (χ4n) is 2.36. The van der Waals surface area contributed by atoms with E-state index in [4.69, 9.17) is 21.1 Å². The average Bonchev–Trinajstić information content (AvgIpc) is 2.48. The van der Waals surface area contributed by atoms with Gasteiger partial charge in [0.25, 0.3) is 0 Å². The molecule has 1 N–H and O–H groups in total. The van der Waals surface area contributed by atoms with Gasteiger partial charge in [-0.2, -0.15) is 0 Å². The van der Waals surface area contributed by atoms with E-state index in [-0.39, 0.29) is 6.04 Å². The highest BCUT2D eigenvalue weighted by molar-refractivity contribution is 6.32. The van der Waals surface area contributed by atoms with Gasteiger partial charge in [-0.25, -0.2) is 0 Å². The molecule has 0 saturated heterocycles. The van der Waals surface area contributed by atoms with Crippen molar-refractivity contribution in [2.24, 2.45) is 0 Å². The summed E-state index contributed by atoms with van der Waals surface area (Å²) in [6, 6.07) is 12.1. The Hall–Kier alpha value is -1.87. The highest BCUT2D eigenvalue weighted by Gasteiger charge is 2.14. The van der Waals surface area contributed by atoms with E-state index in [1.165, 1.54) is 11.1 Å². The Morgan fingerprint density at radius 1 is 1.05 bits per heavy atom. The van der Waals surface area contributed by atoms with Gasteiger partial charge in [-0.3, -0.25) is 0 Å². The van der Waals surface area contributed by atoms with E-state index < -0.39 is 0 Å². The monoisotopic (exact) mass is 305 g/mol. The van der Waals surface area contributed by atoms with Crippen molar-refractivity contribution in [2.45, 2.75) is 19.9 Å². The largest absolute Gasteiger partial charge is 0.495 e. The van der Waals surface area contributed by atoms with Crippen LogP contribution in [0.4, 0.5) is 5.69 Å². The number of halogens is 1. The Bertz CT molecular complexity index is 628. The summed E-state index contributed by atoms with van der Waals surface area (Å²) in [5.74, 6) is 1.32. The van der Waals surface area contributed by atoms with Crippen molar-refractivity contribution in [3.8, 4) is 11.5 Å². The molecule has 0 fully saturated rings. The van der Waals surface area contributed by atoms with Crippen LogP contribution in [0.15, 0.2) is 36.4 Å². The minimum atomic E-state index is 0.144. The van der Waals surface area contributed by atoms with Gasteiger partial charge in [-0.15, -0.1) is 0 Å². The minimum absolute atomic E-state index is 0.144. The fourth-order valence-corrected chi connectivity index (χ4v) is 2.59. The molecule has 0 heterocycles. The zero-order chi connectivity index (χ0) is 15.4. The van der Waals surface area contributed by atoms with Crippen LogP contribution in [-0.2, 0) is 0 Å². The molecule has 2 rings (SSSR count). The third kappa shape index (κ3) is 3.42. The molecule has 0 saturated carbocycles. The van der Waals surface area contributed by atoms with Gasteiger partial charge in [-0.05, 0) is 25.0 Å². The second kappa shape index (κ2) is 6.72. The molecular formula is C17H20ClNO2. The van der Waals surface area contributed by atoms with E-state index in [0.29, 0.717) is 16.5 Å². The van der Waals surface area contributed by atoms with E-state index >= 15 is 0 Å². The standard InChI is InChI=1S/C17H20ClNO2/c1-11-7-5-6-8-13(11)12(2)19-15-10-16(20-3)14(18)9-17(15)21-4/h5-10,12,19H,1-4H3. The third-order valence-corrected chi connectivity index (χ3v) is 3.80. The van der Waals surface area contributed by atoms with Crippen molar-refractivity contribution in [2.75, 3.05) is 19.5 Å². The van der Waals surface area contributed by atoms with Crippen LogP contribution in [0, 0.1) is 6.92 Å². The SMILES string of the molecule is COc1cc(NC(C)c2ccccc2C)c(OC)cc1Cl. The van der Waals surface area contributed by atoms with Gasteiger partial charge in [0.1, 0.15) is 11.5 Å². The molecule has 3 nitrogen and oxygen atoms in total. The number of methoxy groups -OCH3 is 2. The lowest BCUT2D eigenvalue weighted by molar-refractivity contribution is 0.404. The lowest BCUT2D eigenvalue weighted by atomic mass is 10.0. The van der Waals surface area contributed by atoms with Crippen molar-refractivity contribution in [3.05, 3.63) is 52.5 Å². The molecule has 0 aliphatic carbocycles. The Morgan fingerprint density at radius 2 is 1.71 bits per heavy atom. The Balaban J connectivity index is 2.32. The summed E-state index contributed by atoms with van der Waals surface area (Å²) in [5.41, 5.74) is 3.35. The average molecular weight is 306 g/mol. The summed E-state index contributed by atoms with van der Waals surface area (Å²) in [4.78, 5) is 0. The molecule has 112 valence electrons. The molecule has 0 spiro atoms. The first-order valence-electron chi connectivity index (χ1n) is 6.80. The van der Waals surface area contributed by atoms with Crippen LogP contribution in [0.25, 0.3) is 0 Å². The molecule has 21 heavy (non-hydrogen) atoms. The zero-order valence-electron chi connectivity index (χ0n) is 12.7. The number of hydrogen-bond acceptors (Lipinski definition) is 3.